The number of aliphatic hydroxyl groups excluding tert-OH is 2. The predicted octanol–water partition coefficient (Wildman–Crippen LogP) is 2.24. The lowest BCUT2D eigenvalue weighted by atomic mass is 9.61. The number of fused-ring (bicyclic) bond motifs is 4. The summed E-state index contributed by atoms with van der Waals surface area (Å²) in [6.07, 6.45) is 3.99. The van der Waals surface area contributed by atoms with Gasteiger partial charge in [-0.2, -0.15) is 0 Å². The standard InChI is InChI=1S/C22H30O4/c1-21-15-7-3-5-10-12(7)18-13(15)14-16(22(18,2)20(24)26-10)8-4-6-9(25-19(21)23)11(8)17(14)21/h7-20,23-24H,3-6H2,1-2H3/t7-,8+,9+,10-,11-,12-,13-,14-,15+,16-,17+,18+,19-,20-,21-,22-/m0/s1. The molecular formula is C22H30O4. The smallest absolute Gasteiger partial charge is 0.160 e. The molecule has 0 spiro atoms. The highest BCUT2D eigenvalue weighted by atomic mass is 16.6. The molecule has 8 rings (SSSR count). The van der Waals surface area contributed by atoms with Gasteiger partial charge in [0.05, 0.1) is 12.2 Å². The highest BCUT2D eigenvalue weighted by molar-refractivity contribution is 5.32. The molecule has 0 aromatic rings. The lowest BCUT2D eigenvalue weighted by Gasteiger charge is -2.52. The molecule has 0 radical (unpaired) electrons. The summed E-state index contributed by atoms with van der Waals surface area (Å²) in [7, 11) is 0. The Labute approximate surface area is 154 Å². The fraction of sp³-hybridized carbons (Fsp3) is 1.00. The van der Waals surface area contributed by atoms with Gasteiger partial charge in [0.15, 0.2) is 12.6 Å². The van der Waals surface area contributed by atoms with Crippen molar-refractivity contribution >= 4 is 0 Å². The molecule has 0 aromatic heterocycles. The van der Waals surface area contributed by atoms with Crippen molar-refractivity contribution in [3.05, 3.63) is 0 Å². The summed E-state index contributed by atoms with van der Waals surface area (Å²) in [6, 6.07) is 0. The third-order valence-electron chi connectivity index (χ3n) is 11.8. The maximum atomic E-state index is 11.3. The highest BCUT2D eigenvalue weighted by Crippen LogP contribution is 2.87. The van der Waals surface area contributed by atoms with Crippen LogP contribution in [-0.4, -0.2) is 35.0 Å². The second-order valence-electron chi connectivity index (χ2n) is 11.7. The molecule has 0 amide bonds. The maximum Gasteiger partial charge on any atom is 0.160 e. The van der Waals surface area contributed by atoms with Crippen molar-refractivity contribution in [3.63, 3.8) is 0 Å². The minimum absolute atomic E-state index is 0.0724. The van der Waals surface area contributed by atoms with E-state index in [0.717, 1.165) is 12.8 Å². The first-order valence-corrected chi connectivity index (χ1v) is 11.2. The molecule has 8 fully saturated rings. The Bertz CT molecular complexity index is 665. The number of rotatable bonds is 0. The third-order valence-corrected chi connectivity index (χ3v) is 11.8. The second-order valence-corrected chi connectivity index (χ2v) is 11.7. The van der Waals surface area contributed by atoms with Gasteiger partial charge in [0.2, 0.25) is 0 Å². The summed E-state index contributed by atoms with van der Waals surface area (Å²) in [5.41, 5.74) is -0.145. The summed E-state index contributed by atoms with van der Waals surface area (Å²) in [5.74, 6) is 6.34. The van der Waals surface area contributed by atoms with Crippen LogP contribution in [0.5, 0.6) is 0 Å². The van der Waals surface area contributed by atoms with Crippen LogP contribution in [0.25, 0.3) is 0 Å². The predicted molar refractivity (Wildman–Crippen MR) is 91.3 cm³/mol. The van der Waals surface area contributed by atoms with Gasteiger partial charge in [0, 0.05) is 10.8 Å². The average Bonchev–Trinajstić information content (AvgIpc) is 3.34. The summed E-state index contributed by atoms with van der Waals surface area (Å²) in [5, 5.41) is 22.5. The molecular weight excluding hydrogens is 328 g/mol. The Morgan fingerprint density at radius 2 is 1.04 bits per heavy atom. The van der Waals surface area contributed by atoms with Crippen LogP contribution in [-0.2, 0) is 9.47 Å². The van der Waals surface area contributed by atoms with Crippen LogP contribution in [0.2, 0.25) is 0 Å². The van der Waals surface area contributed by atoms with Crippen molar-refractivity contribution in [2.75, 3.05) is 0 Å². The zero-order chi connectivity index (χ0) is 17.3. The van der Waals surface area contributed by atoms with Crippen LogP contribution in [0.15, 0.2) is 0 Å². The van der Waals surface area contributed by atoms with Gasteiger partial charge in [-0.05, 0) is 84.9 Å². The van der Waals surface area contributed by atoms with Gasteiger partial charge in [-0.3, -0.25) is 0 Å². The Kier molecular flexibility index (Phi) is 2.24. The van der Waals surface area contributed by atoms with Gasteiger partial charge in [0.25, 0.3) is 0 Å². The monoisotopic (exact) mass is 358 g/mol. The van der Waals surface area contributed by atoms with Crippen molar-refractivity contribution in [2.45, 2.75) is 64.3 Å². The SMILES string of the molecule is C[C@]12[C@H]3[C@H]4[C@@H]5[C@H]6[C@H]7[C@H](CC[C@@H]7O[C@H](O)[C@@]6(C)[C@H]4[C@@H]4CC[C@@H](O[C@@H]1O)[C@H]43)[C@H]52. The Morgan fingerprint density at radius 1 is 0.615 bits per heavy atom. The molecule has 6 saturated carbocycles. The molecule has 4 heteroatoms. The van der Waals surface area contributed by atoms with Crippen molar-refractivity contribution in [3.8, 4) is 0 Å². The lowest BCUT2D eigenvalue weighted by Crippen LogP contribution is -2.55. The lowest BCUT2D eigenvalue weighted by molar-refractivity contribution is -0.277. The zero-order valence-electron chi connectivity index (χ0n) is 15.6. The van der Waals surface area contributed by atoms with Gasteiger partial charge in [-0.25, -0.2) is 0 Å². The van der Waals surface area contributed by atoms with E-state index in [1.807, 2.05) is 0 Å². The molecule has 0 bridgehead atoms. The third kappa shape index (κ3) is 1.11. The molecule has 0 aromatic carbocycles. The summed E-state index contributed by atoms with van der Waals surface area (Å²) in [6.45, 7) is 4.77. The number of ether oxygens (including phenoxy) is 2. The van der Waals surface area contributed by atoms with E-state index in [2.05, 4.69) is 13.8 Å². The van der Waals surface area contributed by atoms with E-state index in [9.17, 15) is 10.2 Å². The molecule has 6 aliphatic carbocycles. The van der Waals surface area contributed by atoms with Crippen LogP contribution in [0.3, 0.4) is 0 Å². The van der Waals surface area contributed by atoms with Gasteiger partial charge in [-0.15, -0.1) is 0 Å². The van der Waals surface area contributed by atoms with Crippen LogP contribution in [0.1, 0.15) is 39.5 Å². The molecule has 8 aliphatic rings. The van der Waals surface area contributed by atoms with E-state index >= 15 is 0 Å². The second kappa shape index (κ2) is 3.94. The first-order chi connectivity index (χ1) is 12.5. The fourth-order valence-electron chi connectivity index (χ4n) is 11.8. The molecule has 2 aliphatic heterocycles. The summed E-state index contributed by atoms with van der Waals surface area (Å²) < 4.78 is 12.7. The normalized spacial score (nSPS) is 78.9. The van der Waals surface area contributed by atoms with Crippen LogP contribution in [0, 0.1) is 70.0 Å². The van der Waals surface area contributed by atoms with E-state index in [4.69, 9.17) is 9.47 Å². The summed E-state index contributed by atoms with van der Waals surface area (Å²) in [4.78, 5) is 0. The molecule has 2 heterocycles. The number of hydrogen-bond acceptors (Lipinski definition) is 4. The Morgan fingerprint density at radius 3 is 1.46 bits per heavy atom. The van der Waals surface area contributed by atoms with E-state index in [0.29, 0.717) is 59.2 Å². The van der Waals surface area contributed by atoms with E-state index < -0.39 is 12.6 Å². The first kappa shape index (κ1) is 14.8. The Hall–Kier alpha value is -0.160. The average molecular weight is 358 g/mol. The maximum absolute atomic E-state index is 11.3. The van der Waals surface area contributed by atoms with Crippen molar-refractivity contribution < 1.29 is 19.7 Å². The zero-order valence-corrected chi connectivity index (χ0v) is 15.6. The van der Waals surface area contributed by atoms with E-state index in [1.165, 1.54) is 12.8 Å². The molecule has 26 heavy (non-hydrogen) atoms. The topological polar surface area (TPSA) is 58.9 Å². The minimum atomic E-state index is -0.585. The molecule has 142 valence electrons. The van der Waals surface area contributed by atoms with E-state index in [1.54, 1.807) is 0 Å². The quantitative estimate of drug-likeness (QED) is 0.697. The number of hydrogen-bond donors (Lipinski definition) is 2. The van der Waals surface area contributed by atoms with Crippen LogP contribution >= 0.6 is 0 Å². The van der Waals surface area contributed by atoms with Gasteiger partial charge in [-0.1, -0.05) is 13.8 Å². The first-order valence-electron chi connectivity index (χ1n) is 11.2. The van der Waals surface area contributed by atoms with Crippen molar-refractivity contribution in [1.82, 2.24) is 0 Å². The Balaban J connectivity index is 1.43. The minimum Gasteiger partial charge on any atom is -0.367 e. The highest BCUT2D eigenvalue weighted by Gasteiger charge is 2.87. The van der Waals surface area contributed by atoms with E-state index in [-0.39, 0.29) is 23.0 Å². The van der Waals surface area contributed by atoms with Gasteiger partial charge in [0.1, 0.15) is 0 Å². The van der Waals surface area contributed by atoms with Crippen LogP contribution in [0.4, 0.5) is 0 Å². The summed E-state index contributed by atoms with van der Waals surface area (Å²) >= 11 is 0. The van der Waals surface area contributed by atoms with Gasteiger partial charge < -0.3 is 19.7 Å². The number of aliphatic hydroxyl groups is 2. The van der Waals surface area contributed by atoms with Crippen molar-refractivity contribution in [2.24, 2.45) is 70.0 Å². The fourth-order valence-corrected chi connectivity index (χ4v) is 11.8. The van der Waals surface area contributed by atoms with Crippen molar-refractivity contribution in [1.29, 1.82) is 0 Å². The van der Waals surface area contributed by atoms with Gasteiger partial charge >= 0.3 is 0 Å². The molecule has 0 unspecified atom stereocenters. The molecule has 4 nitrogen and oxygen atoms in total. The van der Waals surface area contributed by atoms with Crippen LogP contribution < -0.4 is 0 Å². The molecule has 16 atom stereocenters. The molecule has 2 N–H and O–H groups in total. The largest absolute Gasteiger partial charge is 0.367 e. The molecule has 2 saturated heterocycles.